The van der Waals surface area contributed by atoms with Gasteiger partial charge in [0.2, 0.25) is 5.91 Å². The van der Waals surface area contributed by atoms with Gasteiger partial charge in [0.1, 0.15) is 0 Å². The van der Waals surface area contributed by atoms with Crippen molar-refractivity contribution in [1.82, 2.24) is 5.32 Å². The average Bonchev–Trinajstić information content (AvgIpc) is 2.28. The molecule has 16 heavy (non-hydrogen) atoms. The molecule has 0 radical (unpaired) electrons. The van der Waals surface area contributed by atoms with Crippen LogP contribution < -0.4 is 5.32 Å². The molecule has 1 aliphatic rings. The van der Waals surface area contributed by atoms with E-state index in [-0.39, 0.29) is 30.9 Å². The first-order chi connectivity index (χ1) is 7.58. The van der Waals surface area contributed by atoms with E-state index in [2.05, 4.69) is 14.8 Å². The second-order valence-corrected chi connectivity index (χ2v) is 3.25. The van der Waals surface area contributed by atoms with Crippen molar-refractivity contribution in [3.8, 4) is 0 Å². The summed E-state index contributed by atoms with van der Waals surface area (Å²) in [5.74, 6) is -1.26. The molecular formula is C10H13NO5. The Kier molecular flexibility index (Phi) is 4.04. The molecule has 0 spiro atoms. The maximum atomic E-state index is 11.4. The Hall–Kier alpha value is -1.85. The SMILES string of the molecule is COC(=O)CC1=C(C(=O)OC)CCC(=O)N1. The number of esters is 2. The van der Waals surface area contributed by atoms with Crippen LogP contribution in [0.4, 0.5) is 0 Å². The lowest BCUT2D eigenvalue weighted by atomic mass is 10.0. The molecule has 0 aromatic carbocycles. The predicted octanol–water partition coefficient (Wildman–Crippen LogP) is -0.113. The van der Waals surface area contributed by atoms with Gasteiger partial charge in [0.05, 0.1) is 26.2 Å². The molecule has 6 nitrogen and oxygen atoms in total. The third kappa shape index (κ3) is 2.82. The molecule has 88 valence electrons. The molecule has 1 rings (SSSR count). The summed E-state index contributed by atoms with van der Waals surface area (Å²) in [6, 6.07) is 0. The number of nitrogens with one attached hydrogen (secondary N) is 1. The van der Waals surface area contributed by atoms with E-state index in [0.717, 1.165) is 0 Å². The van der Waals surface area contributed by atoms with Crippen LogP contribution in [0.1, 0.15) is 19.3 Å². The smallest absolute Gasteiger partial charge is 0.335 e. The minimum atomic E-state index is -0.529. The van der Waals surface area contributed by atoms with Gasteiger partial charge < -0.3 is 14.8 Å². The van der Waals surface area contributed by atoms with Crippen molar-refractivity contribution in [2.24, 2.45) is 0 Å². The molecule has 1 aliphatic heterocycles. The predicted molar refractivity (Wildman–Crippen MR) is 53.1 cm³/mol. The molecule has 0 aliphatic carbocycles. The van der Waals surface area contributed by atoms with E-state index in [9.17, 15) is 14.4 Å². The number of hydrogen-bond acceptors (Lipinski definition) is 5. The van der Waals surface area contributed by atoms with Gasteiger partial charge in [-0.3, -0.25) is 9.59 Å². The maximum absolute atomic E-state index is 11.4. The first-order valence-electron chi connectivity index (χ1n) is 4.75. The number of carbonyl (C=O) groups excluding carboxylic acids is 3. The summed E-state index contributed by atoms with van der Waals surface area (Å²) in [7, 11) is 2.49. The summed E-state index contributed by atoms with van der Waals surface area (Å²) in [5, 5.41) is 2.49. The van der Waals surface area contributed by atoms with E-state index in [1.165, 1.54) is 14.2 Å². The molecule has 0 saturated carbocycles. The van der Waals surface area contributed by atoms with Crippen molar-refractivity contribution in [2.75, 3.05) is 14.2 Å². The van der Waals surface area contributed by atoms with Gasteiger partial charge in [-0.2, -0.15) is 0 Å². The lowest BCUT2D eigenvalue weighted by molar-refractivity contribution is -0.139. The van der Waals surface area contributed by atoms with Crippen LogP contribution in [-0.2, 0) is 23.9 Å². The fourth-order valence-electron chi connectivity index (χ4n) is 1.41. The standard InChI is InChI=1S/C10H13NO5/c1-15-9(13)5-7-6(10(14)16-2)3-4-8(12)11-7/h3-5H2,1-2H3,(H,11,12). The zero-order chi connectivity index (χ0) is 12.1. The van der Waals surface area contributed by atoms with Crippen LogP contribution >= 0.6 is 0 Å². The molecule has 0 aromatic rings. The molecular weight excluding hydrogens is 214 g/mol. The Morgan fingerprint density at radius 3 is 2.50 bits per heavy atom. The topological polar surface area (TPSA) is 81.7 Å². The molecule has 0 atom stereocenters. The van der Waals surface area contributed by atoms with Crippen LogP contribution in [0.3, 0.4) is 0 Å². The summed E-state index contributed by atoms with van der Waals surface area (Å²) >= 11 is 0. The highest BCUT2D eigenvalue weighted by Gasteiger charge is 2.25. The van der Waals surface area contributed by atoms with Gasteiger partial charge in [-0.1, -0.05) is 0 Å². The molecule has 0 unspecified atom stereocenters. The number of carbonyl (C=O) groups is 3. The minimum Gasteiger partial charge on any atom is -0.469 e. The normalized spacial score (nSPS) is 15.5. The van der Waals surface area contributed by atoms with E-state index in [1.54, 1.807) is 0 Å². The van der Waals surface area contributed by atoms with Gasteiger partial charge in [0, 0.05) is 12.1 Å². The Labute approximate surface area is 92.6 Å². The van der Waals surface area contributed by atoms with Crippen molar-refractivity contribution in [3.05, 3.63) is 11.3 Å². The molecule has 0 aromatic heterocycles. The van der Waals surface area contributed by atoms with Crippen LogP contribution in [-0.4, -0.2) is 32.1 Å². The molecule has 1 N–H and O–H groups in total. The van der Waals surface area contributed by atoms with E-state index in [4.69, 9.17) is 0 Å². The Bertz CT molecular complexity index is 358. The Morgan fingerprint density at radius 1 is 1.25 bits per heavy atom. The minimum absolute atomic E-state index is 0.132. The lowest BCUT2D eigenvalue weighted by Crippen LogP contribution is -2.32. The van der Waals surface area contributed by atoms with Crippen LogP contribution in [0, 0.1) is 0 Å². The van der Waals surface area contributed by atoms with E-state index in [0.29, 0.717) is 5.57 Å². The molecule has 1 amide bonds. The summed E-state index contributed by atoms with van der Waals surface area (Å²) in [4.78, 5) is 33.6. The fourth-order valence-corrected chi connectivity index (χ4v) is 1.41. The number of methoxy groups -OCH3 is 2. The van der Waals surface area contributed by atoms with Crippen LogP contribution in [0.5, 0.6) is 0 Å². The monoisotopic (exact) mass is 227 g/mol. The zero-order valence-corrected chi connectivity index (χ0v) is 9.16. The van der Waals surface area contributed by atoms with E-state index in [1.807, 2.05) is 0 Å². The molecule has 0 bridgehead atoms. The second-order valence-electron chi connectivity index (χ2n) is 3.25. The van der Waals surface area contributed by atoms with Crippen molar-refractivity contribution in [3.63, 3.8) is 0 Å². The van der Waals surface area contributed by atoms with E-state index >= 15 is 0 Å². The molecule has 6 heteroatoms. The second kappa shape index (κ2) is 5.29. The first kappa shape index (κ1) is 12.2. The average molecular weight is 227 g/mol. The van der Waals surface area contributed by atoms with Crippen molar-refractivity contribution in [1.29, 1.82) is 0 Å². The number of rotatable bonds is 3. The highest BCUT2D eigenvalue weighted by Crippen LogP contribution is 2.19. The van der Waals surface area contributed by atoms with Gasteiger partial charge >= 0.3 is 11.9 Å². The molecule has 1 heterocycles. The molecule has 0 saturated heterocycles. The van der Waals surface area contributed by atoms with E-state index < -0.39 is 11.9 Å². The highest BCUT2D eigenvalue weighted by atomic mass is 16.5. The van der Waals surface area contributed by atoms with Gasteiger partial charge in [-0.15, -0.1) is 0 Å². The van der Waals surface area contributed by atoms with Gasteiger partial charge in [-0.25, -0.2) is 4.79 Å². The van der Waals surface area contributed by atoms with Gasteiger partial charge in [0.15, 0.2) is 0 Å². The van der Waals surface area contributed by atoms with Crippen LogP contribution in [0.15, 0.2) is 11.3 Å². The van der Waals surface area contributed by atoms with Crippen molar-refractivity contribution >= 4 is 17.8 Å². The summed E-state index contributed by atoms with van der Waals surface area (Å²) < 4.78 is 9.04. The van der Waals surface area contributed by atoms with Crippen molar-refractivity contribution in [2.45, 2.75) is 19.3 Å². The Balaban J connectivity index is 2.92. The van der Waals surface area contributed by atoms with Gasteiger partial charge in [-0.05, 0) is 6.42 Å². The lowest BCUT2D eigenvalue weighted by Gasteiger charge is -2.18. The largest absolute Gasteiger partial charge is 0.469 e. The number of hydrogen-bond donors (Lipinski definition) is 1. The third-order valence-corrected chi connectivity index (χ3v) is 2.24. The Morgan fingerprint density at radius 2 is 1.94 bits per heavy atom. The maximum Gasteiger partial charge on any atom is 0.335 e. The van der Waals surface area contributed by atoms with Crippen LogP contribution in [0.2, 0.25) is 0 Å². The molecule has 0 fully saturated rings. The van der Waals surface area contributed by atoms with Crippen molar-refractivity contribution < 1.29 is 23.9 Å². The summed E-state index contributed by atoms with van der Waals surface area (Å²) in [5.41, 5.74) is 0.599. The quantitative estimate of drug-likeness (QED) is 0.680. The summed E-state index contributed by atoms with van der Waals surface area (Å²) in [6.07, 6.45) is 0.368. The highest BCUT2D eigenvalue weighted by molar-refractivity contribution is 5.94. The number of ether oxygens (including phenoxy) is 2. The number of amides is 1. The summed E-state index contributed by atoms with van der Waals surface area (Å²) in [6.45, 7) is 0. The first-order valence-corrected chi connectivity index (χ1v) is 4.75. The third-order valence-electron chi connectivity index (χ3n) is 2.24. The zero-order valence-electron chi connectivity index (χ0n) is 9.16. The van der Waals surface area contributed by atoms with Crippen LogP contribution in [0.25, 0.3) is 0 Å². The fraction of sp³-hybridized carbons (Fsp3) is 0.500. The van der Waals surface area contributed by atoms with Gasteiger partial charge in [0.25, 0.3) is 0 Å².